The van der Waals surface area contributed by atoms with E-state index in [4.69, 9.17) is 5.11 Å². The third kappa shape index (κ3) is 7.20. The lowest BCUT2D eigenvalue weighted by Gasteiger charge is -2.29. The van der Waals surface area contributed by atoms with Crippen LogP contribution in [-0.4, -0.2) is 49.8 Å². The Morgan fingerprint density at radius 1 is 1.19 bits per heavy atom. The summed E-state index contributed by atoms with van der Waals surface area (Å²) in [6, 6.07) is 0. The summed E-state index contributed by atoms with van der Waals surface area (Å²) in [6.07, 6.45) is 4.03. The van der Waals surface area contributed by atoms with Gasteiger partial charge < -0.3 is 15.3 Å². The van der Waals surface area contributed by atoms with Crippen molar-refractivity contribution in [3.05, 3.63) is 0 Å². The fourth-order valence-electron chi connectivity index (χ4n) is 1.89. The molecule has 1 aliphatic heterocycles. The maximum atomic E-state index is 7.00. The quantitative estimate of drug-likeness (QED) is 0.755. The van der Waals surface area contributed by atoms with Crippen LogP contribution in [0.15, 0.2) is 0 Å². The summed E-state index contributed by atoms with van der Waals surface area (Å²) in [5, 5.41) is 10.4. The Bertz CT molecular complexity index is 154. The zero-order valence-corrected chi connectivity index (χ0v) is 11.6. The molecule has 0 bridgehead atoms. The number of nitrogens with zero attached hydrogens (tertiary/aromatic N) is 1. The highest BCUT2D eigenvalue weighted by Crippen LogP contribution is 2.25. The number of rotatable bonds is 5. The van der Waals surface area contributed by atoms with Crippen LogP contribution in [0.2, 0.25) is 0 Å². The first-order valence-corrected chi connectivity index (χ1v) is 6.52. The zero-order valence-electron chi connectivity index (χ0n) is 11.6. The second-order valence-corrected chi connectivity index (χ2v) is 5.21. The van der Waals surface area contributed by atoms with Gasteiger partial charge in [0.1, 0.15) is 0 Å². The van der Waals surface area contributed by atoms with Crippen LogP contribution in [0.4, 0.5) is 0 Å². The van der Waals surface area contributed by atoms with Gasteiger partial charge in [-0.05, 0) is 24.8 Å². The maximum Gasteiger partial charge on any atom is 0.0319 e. The lowest BCUT2D eigenvalue weighted by atomic mass is 9.85. The normalized spacial score (nSPS) is 17.8. The molecule has 1 aliphatic rings. The Morgan fingerprint density at radius 2 is 1.75 bits per heavy atom. The third-order valence-corrected chi connectivity index (χ3v) is 3.49. The Hall–Kier alpha value is -0.120. The highest BCUT2D eigenvalue weighted by Gasteiger charge is 2.15. The molecule has 0 aromatic heterocycles. The van der Waals surface area contributed by atoms with E-state index in [9.17, 15) is 0 Å². The van der Waals surface area contributed by atoms with Crippen LogP contribution >= 0.6 is 0 Å². The first-order valence-electron chi connectivity index (χ1n) is 6.52. The Labute approximate surface area is 101 Å². The first-order chi connectivity index (χ1) is 7.64. The molecule has 0 saturated carbocycles. The molecule has 0 aliphatic carbocycles. The monoisotopic (exact) mass is 230 g/mol. The van der Waals surface area contributed by atoms with E-state index in [2.05, 4.69) is 31.0 Å². The minimum absolute atomic E-state index is 0.550. The molecular formula is C13H30N2O. The number of piperazine rings is 1. The van der Waals surface area contributed by atoms with E-state index in [1.165, 1.54) is 52.0 Å². The van der Waals surface area contributed by atoms with Gasteiger partial charge >= 0.3 is 0 Å². The molecule has 16 heavy (non-hydrogen) atoms. The van der Waals surface area contributed by atoms with Gasteiger partial charge in [-0.1, -0.05) is 27.2 Å². The molecule has 1 heterocycles. The fourth-order valence-corrected chi connectivity index (χ4v) is 1.89. The fraction of sp³-hybridized carbons (Fsp3) is 1.00. The van der Waals surface area contributed by atoms with Gasteiger partial charge in [0.05, 0.1) is 0 Å². The van der Waals surface area contributed by atoms with Crippen molar-refractivity contribution in [2.24, 2.45) is 5.41 Å². The van der Waals surface area contributed by atoms with Crippen molar-refractivity contribution >= 4 is 0 Å². The highest BCUT2D eigenvalue weighted by molar-refractivity contribution is 4.70. The molecule has 0 spiro atoms. The average Bonchev–Trinajstić information content (AvgIpc) is 2.33. The Kier molecular flexibility index (Phi) is 8.90. The summed E-state index contributed by atoms with van der Waals surface area (Å²) in [6.45, 7) is 13.2. The van der Waals surface area contributed by atoms with Crippen LogP contribution in [0.25, 0.3) is 0 Å². The van der Waals surface area contributed by atoms with Gasteiger partial charge in [0.25, 0.3) is 0 Å². The minimum Gasteiger partial charge on any atom is -0.400 e. The average molecular weight is 230 g/mol. The highest BCUT2D eigenvalue weighted by atomic mass is 16.2. The molecule has 1 fully saturated rings. The van der Waals surface area contributed by atoms with Crippen molar-refractivity contribution in [3.8, 4) is 0 Å². The first kappa shape index (κ1) is 15.9. The van der Waals surface area contributed by atoms with Gasteiger partial charge in [-0.2, -0.15) is 0 Å². The third-order valence-electron chi connectivity index (χ3n) is 3.49. The van der Waals surface area contributed by atoms with Crippen molar-refractivity contribution in [2.45, 2.75) is 40.0 Å². The maximum absolute atomic E-state index is 7.00. The van der Waals surface area contributed by atoms with Crippen LogP contribution in [0.1, 0.15) is 40.0 Å². The van der Waals surface area contributed by atoms with Crippen molar-refractivity contribution in [1.82, 2.24) is 10.2 Å². The Morgan fingerprint density at radius 3 is 2.25 bits per heavy atom. The number of aliphatic hydroxyl groups is 1. The van der Waals surface area contributed by atoms with Gasteiger partial charge in [0.15, 0.2) is 0 Å². The molecule has 98 valence electrons. The number of aliphatic hydroxyl groups excluding tert-OH is 1. The van der Waals surface area contributed by atoms with Crippen molar-refractivity contribution < 1.29 is 5.11 Å². The molecule has 3 nitrogen and oxygen atoms in total. The van der Waals surface area contributed by atoms with Crippen LogP contribution in [-0.2, 0) is 0 Å². The van der Waals surface area contributed by atoms with E-state index < -0.39 is 0 Å². The van der Waals surface area contributed by atoms with Crippen molar-refractivity contribution in [3.63, 3.8) is 0 Å². The SMILES string of the molecule is CCC(C)(C)CCCN1CCNCC1.CO. The molecule has 0 unspecified atom stereocenters. The van der Waals surface area contributed by atoms with E-state index in [-0.39, 0.29) is 0 Å². The van der Waals surface area contributed by atoms with Crippen molar-refractivity contribution in [2.75, 3.05) is 39.8 Å². The van der Waals surface area contributed by atoms with Crippen LogP contribution in [0, 0.1) is 5.41 Å². The second-order valence-electron chi connectivity index (χ2n) is 5.21. The van der Waals surface area contributed by atoms with E-state index in [0.29, 0.717) is 5.41 Å². The van der Waals surface area contributed by atoms with Crippen molar-refractivity contribution in [1.29, 1.82) is 0 Å². The van der Waals surface area contributed by atoms with E-state index in [0.717, 1.165) is 7.11 Å². The topological polar surface area (TPSA) is 35.5 Å². The number of nitrogens with one attached hydrogen (secondary N) is 1. The largest absolute Gasteiger partial charge is 0.400 e. The molecule has 2 N–H and O–H groups in total. The molecule has 3 heteroatoms. The molecule has 0 aromatic carbocycles. The summed E-state index contributed by atoms with van der Waals surface area (Å²) in [4.78, 5) is 2.59. The zero-order chi connectivity index (χ0) is 12.4. The van der Waals surface area contributed by atoms with E-state index in [1.807, 2.05) is 0 Å². The lowest BCUT2D eigenvalue weighted by molar-refractivity contribution is 0.216. The molecule has 0 aromatic rings. The lowest BCUT2D eigenvalue weighted by Crippen LogP contribution is -2.43. The molecule has 0 atom stereocenters. The standard InChI is InChI=1S/C12H26N2.CH4O/c1-4-12(2,3)6-5-9-14-10-7-13-8-11-14;1-2/h13H,4-11H2,1-3H3;2H,1H3. The molecule has 1 saturated heterocycles. The van der Waals surface area contributed by atoms with Gasteiger partial charge in [-0.25, -0.2) is 0 Å². The van der Waals surface area contributed by atoms with Crippen LogP contribution < -0.4 is 5.32 Å². The summed E-state index contributed by atoms with van der Waals surface area (Å²) >= 11 is 0. The molecule has 1 rings (SSSR count). The van der Waals surface area contributed by atoms with E-state index >= 15 is 0 Å². The smallest absolute Gasteiger partial charge is 0.0319 e. The minimum atomic E-state index is 0.550. The second kappa shape index (κ2) is 8.97. The van der Waals surface area contributed by atoms with Gasteiger partial charge in [-0.3, -0.25) is 0 Å². The van der Waals surface area contributed by atoms with Gasteiger partial charge in [0.2, 0.25) is 0 Å². The summed E-state index contributed by atoms with van der Waals surface area (Å²) in [7, 11) is 1.00. The van der Waals surface area contributed by atoms with Gasteiger partial charge in [-0.15, -0.1) is 0 Å². The summed E-state index contributed by atoms with van der Waals surface area (Å²) < 4.78 is 0. The Balaban J connectivity index is 0.00000106. The summed E-state index contributed by atoms with van der Waals surface area (Å²) in [5.74, 6) is 0. The predicted octanol–water partition coefficient (Wildman–Crippen LogP) is 1.72. The van der Waals surface area contributed by atoms with Crippen LogP contribution in [0.3, 0.4) is 0 Å². The molecule has 0 amide bonds. The number of hydrogen-bond donors (Lipinski definition) is 2. The number of hydrogen-bond acceptors (Lipinski definition) is 3. The van der Waals surface area contributed by atoms with Crippen LogP contribution in [0.5, 0.6) is 0 Å². The molecular weight excluding hydrogens is 200 g/mol. The summed E-state index contributed by atoms with van der Waals surface area (Å²) in [5.41, 5.74) is 0.550. The predicted molar refractivity (Wildman–Crippen MR) is 70.8 cm³/mol. The van der Waals surface area contributed by atoms with Gasteiger partial charge in [0, 0.05) is 33.3 Å². The molecule has 0 radical (unpaired) electrons. The van der Waals surface area contributed by atoms with E-state index in [1.54, 1.807) is 0 Å².